The predicted molar refractivity (Wildman–Crippen MR) is 55.8 cm³/mol. The summed E-state index contributed by atoms with van der Waals surface area (Å²) < 4.78 is 4.86. The Balaban J connectivity index is 2.58. The first-order valence-corrected chi connectivity index (χ1v) is 4.30. The molecule has 0 atom stereocenters. The van der Waals surface area contributed by atoms with Crippen LogP contribution in [0.3, 0.4) is 0 Å². The van der Waals surface area contributed by atoms with E-state index in [4.69, 9.17) is 4.74 Å². The monoisotopic (exact) mass is 191 g/mol. The average Bonchev–Trinajstić information content (AvgIpc) is 2.19. The highest BCUT2D eigenvalue weighted by atomic mass is 16.5. The van der Waals surface area contributed by atoms with E-state index in [1.165, 1.54) is 13.2 Å². The minimum atomic E-state index is -0.185. The lowest BCUT2D eigenvalue weighted by atomic mass is 10.3. The number of hydrogen-bond donors (Lipinski definition) is 1. The molecular weight excluding hydrogens is 178 g/mol. The molecule has 0 aliphatic rings. The summed E-state index contributed by atoms with van der Waals surface area (Å²) in [6.45, 7) is 1.73. The summed E-state index contributed by atoms with van der Waals surface area (Å²) in [5, 5.41) is 2.71. The Kier molecular flexibility index (Phi) is 3.73. The topological polar surface area (TPSA) is 38.3 Å². The highest BCUT2D eigenvalue weighted by Gasteiger charge is 1.98. The van der Waals surface area contributed by atoms with Crippen molar-refractivity contribution in [2.24, 2.45) is 0 Å². The fourth-order valence-corrected chi connectivity index (χ4v) is 0.943. The van der Waals surface area contributed by atoms with Crippen molar-refractivity contribution in [1.29, 1.82) is 0 Å². The van der Waals surface area contributed by atoms with Gasteiger partial charge < -0.3 is 10.1 Å². The van der Waals surface area contributed by atoms with Gasteiger partial charge in [0.25, 0.3) is 5.91 Å². The summed E-state index contributed by atoms with van der Waals surface area (Å²) in [4.78, 5) is 11.3. The second kappa shape index (κ2) is 5.07. The standard InChI is InChI=1S/C11H13NO2/c1-9(14-2)8-11(13)12-10-6-4-3-5-7-10/h3-8H,1-2H3,(H,12,13). The molecule has 74 valence electrons. The summed E-state index contributed by atoms with van der Waals surface area (Å²) in [7, 11) is 1.53. The first kappa shape index (κ1) is 10.3. The second-order valence-corrected chi connectivity index (χ2v) is 2.81. The number of methoxy groups -OCH3 is 1. The number of allylic oxidation sites excluding steroid dienone is 1. The van der Waals surface area contributed by atoms with Crippen LogP contribution in [0, 0.1) is 0 Å². The number of carbonyl (C=O) groups is 1. The van der Waals surface area contributed by atoms with Gasteiger partial charge in [0.2, 0.25) is 0 Å². The highest BCUT2D eigenvalue weighted by Crippen LogP contribution is 2.05. The van der Waals surface area contributed by atoms with E-state index in [9.17, 15) is 4.79 Å². The lowest BCUT2D eigenvalue weighted by Gasteiger charge is -2.02. The second-order valence-electron chi connectivity index (χ2n) is 2.81. The van der Waals surface area contributed by atoms with Crippen LogP contribution in [0.2, 0.25) is 0 Å². The number of nitrogens with one attached hydrogen (secondary N) is 1. The van der Waals surface area contributed by atoms with Crippen LogP contribution in [0.1, 0.15) is 6.92 Å². The number of amides is 1. The fraction of sp³-hybridized carbons (Fsp3) is 0.182. The molecule has 1 aromatic rings. The van der Waals surface area contributed by atoms with Gasteiger partial charge in [-0.3, -0.25) is 4.79 Å². The van der Waals surface area contributed by atoms with Crippen LogP contribution in [-0.4, -0.2) is 13.0 Å². The highest BCUT2D eigenvalue weighted by molar-refractivity contribution is 5.99. The van der Waals surface area contributed by atoms with Gasteiger partial charge in [-0.25, -0.2) is 0 Å². The van der Waals surface area contributed by atoms with E-state index in [1.54, 1.807) is 6.92 Å². The Labute approximate surface area is 83.4 Å². The third kappa shape index (κ3) is 3.31. The molecule has 0 aliphatic heterocycles. The summed E-state index contributed by atoms with van der Waals surface area (Å²) in [6.07, 6.45) is 1.41. The van der Waals surface area contributed by atoms with Crippen LogP contribution in [-0.2, 0) is 9.53 Å². The Hall–Kier alpha value is -1.77. The molecule has 1 aromatic carbocycles. The smallest absolute Gasteiger partial charge is 0.251 e. The van der Waals surface area contributed by atoms with Crippen molar-refractivity contribution in [2.75, 3.05) is 12.4 Å². The van der Waals surface area contributed by atoms with Gasteiger partial charge in [-0.1, -0.05) is 18.2 Å². The lowest BCUT2D eigenvalue weighted by molar-refractivity contribution is -0.112. The summed E-state index contributed by atoms with van der Waals surface area (Å²) in [5.74, 6) is 0.397. The molecule has 1 rings (SSSR count). The molecule has 0 aromatic heterocycles. The molecule has 0 saturated heterocycles. The maximum Gasteiger partial charge on any atom is 0.251 e. The molecule has 0 bridgehead atoms. The van der Waals surface area contributed by atoms with Crippen molar-refractivity contribution in [3.63, 3.8) is 0 Å². The maximum atomic E-state index is 11.3. The average molecular weight is 191 g/mol. The molecule has 1 N–H and O–H groups in total. The molecule has 0 spiro atoms. The number of benzene rings is 1. The van der Waals surface area contributed by atoms with Gasteiger partial charge in [0.15, 0.2) is 0 Å². The minimum absolute atomic E-state index is 0.185. The fourth-order valence-electron chi connectivity index (χ4n) is 0.943. The van der Waals surface area contributed by atoms with Crippen molar-refractivity contribution in [3.8, 4) is 0 Å². The Morgan fingerprint density at radius 1 is 1.36 bits per heavy atom. The zero-order chi connectivity index (χ0) is 10.4. The van der Waals surface area contributed by atoms with Gasteiger partial charge in [0.05, 0.1) is 12.9 Å². The molecule has 0 heterocycles. The molecule has 0 aliphatic carbocycles. The Bertz CT molecular complexity index is 330. The molecule has 3 nitrogen and oxygen atoms in total. The van der Waals surface area contributed by atoms with Crippen molar-refractivity contribution in [2.45, 2.75) is 6.92 Å². The predicted octanol–water partition coefficient (Wildman–Crippen LogP) is 2.18. The minimum Gasteiger partial charge on any atom is -0.501 e. The van der Waals surface area contributed by atoms with E-state index in [1.807, 2.05) is 30.3 Å². The van der Waals surface area contributed by atoms with E-state index in [-0.39, 0.29) is 5.91 Å². The number of ether oxygens (including phenoxy) is 1. The van der Waals surface area contributed by atoms with Crippen LogP contribution in [0.5, 0.6) is 0 Å². The van der Waals surface area contributed by atoms with Crippen molar-refractivity contribution < 1.29 is 9.53 Å². The van der Waals surface area contributed by atoms with Crippen LogP contribution in [0.4, 0.5) is 5.69 Å². The molecule has 3 heteroatoms. The maximum absolute atomic E-state index is 11.3. The van der Waals surface area contributed by atoms with Gasteiger partial charge in [-0.05, 0) is 19.1 Å². The first-order chi connectivity index (χ1) is 6.72. The van der Waals surface area contributed by atoms with Gasteiger partial charge in [0, 0.05) is 11.8 Å². The van der Waals surface area contributed by atoms with E-state index in [2.05, 4.69) is 5.32 Å². The van der Waals surface area contributed by atoms with Crippen LogP contribution < -0.4 is 5.32 Å². The number of anilines is 1. The Morgan fingerprint density at radius 2 is 2.00 bits per heavy atom. The molecule has 0 unspecified atom stereocenters. The molecule has 0 fully saturated rings. The number of para-hydroxylation sites is 1. The van der Waals surface area contributed by atoms with E-state index >= 15 is 0 Å². The van der Waals surface area contributed by atoms with Gasteiger partial charge >= 0.3 is 0 Å². The summed E-state index contributed by atoms with van der Waals surface area (Å²) in [5.41, 5.74) is 0.776. The summed E-state index contributed by atoms with van der Waals surface area (Å²) in [6, 6.07) is 9.28. The molecule has 0 radical (unpaired) electrons. The molecule has 0 saturated carbocycles. The van der Waals surface area contributed by atoms with E-state index in [0.717, 1.165) is 5.69 Å². The number of rotatable bonds is 3. The van der Waals surface area contributed by atoms with Gasteiger partial charge in [0.1, 0.15) is 0 Å². The third-order valence-electron chi connectivity index (χ3n) is 1.70. The van der Waals surface area contributed by atoms with E-state index < -0.39 is 0 Å². The molecule has 14 heavy (non-hydrogen) atoms. The molecular formula is C11H13NO2. The van der Waals surface area contributed by atoms with Crippen LogP contribution in [0.25, 0.3) is 0 Å². The number of hydrogen-bond acceptors (Lipinski definition) is 2. The normalized spacial score (nSPS) is 10.9. The molecule has 1 amide bonds. The largest absolute Gasteiger partial charge is 0.501 e. The summed E-state index contributed by atoms with van der Waals surface area (Å²) >= 11 is 0. The van der Waals surface area contributed by atoms with Crippen molar-refractivity contribution in [1.82, 2.24) is 0 Å². The van der Waals surface area contributed by atoms with Gasteiger partial charge in [-0.2, -0.15) is 0 Å². The van der Waals surface area contributed by atoms with Crippen molar-refractivity contribution >= 4 is 11.6 Å². The first-order valence-electron chi connectivity index (χ1n) is 4.30. The van der Waals surface area contributed by atoms with E-state index in [0.29, 0.717) is 5.76 Å². The Morgan fingerprint density at radius 3 is 2.57 bits per heavy atom. The van der Waals surface area contributed by atoms with Gasteiger partial charge in [-0.15, -0.1) is 0 Å². The van der Waals surface area contributed by atoms with Crippen LogP contribution in [0.15, 0.2) is 42.2 Å². The third-order valence-corrected chi connectivity index (χ3v) is 1.70. The zero-order valence-corrected chi connectivity index (χ0v) is 8.28. The number of carbonyl (C=O) groups excluding carboxylic acids is 1. The quantitative estimate of drug-likeness (QED) is 0.587. The SMILES string of the molecule is COC(C)=CC(=O)Nc1ccccc1. The van der Waals surface area contributed by atoms with Crippen LogP contribution >= 0.6 is 0 Å². The van der Waals surface area contributed by atoms with Crippen molar-refractivity contribution in [3.05, 3.63) is 42.2 Å². The zero-order valence-electron chi connectivity index (χ0n) is 8.28. The lowest BCUT2D eigenvalue weighted by Crippen LogP contribution is -2.08.